The number of phosphoric acid groups is 1. The molecule has 22 heavy (non-hydrogen) atoms. The summed E-state index contributed by atoms with van der Waals surface area (Å²) in [4.78, 5) is 30.5. The number of ether oxygens (including phenoxy) is 1. The van der Waals surface area contributed by atoms with Crippen LogP contribution < -0.4 is 9.46 Å². The van der Waals surface area contributed by atoms with E-state index in [1.165, 1.54) is 23.9 Å². The summed E-state index contributed by atoms with van der Waals surface area (Å²) in [6.07, 6.45) is -1.97. The molecule has 1 aliphatic heterocycles. The molecule has 1 aliphatic rings. The Morgan fingerprint density at radius 2 is 2.18 bits per heavy atom. The van der Waals surface area contributed by atoms with Crippen LogP contribution in [0.3, 0.4) is 0 Å². The molecule has 1 saturated heterocycles. The maximum Gasteiger partial charge on any atom is 0.292 e. The number of Topliss-reactive ketones (excluding diaryl/α,β-unsaturated/α-hetero) is 1. The van der Waals surface area contributed by atoms with Crippen LogP contribution in [0.4, 0.5) is 0 Å². The average Bonchev–Trinajstić information content (AvgIpc) is 2.72. The van der Waals surface area contributed by atoms with E-state index >= 15 is 0 Å². The molecule has 1 aromatic heterocycles. The number of nitrogens with zero attached hydrogens (tertiary/aromatic N) is 1. The topological polar surface area (TPSA) is 140 Å². The van der Waals surface area contributed by atoms with E-state index in [0.717, 1.165) is 0 Å². The van der Waals surface area contributed by atoms with Gasteiger partial charge >= 0.3 is 0 Å². The molecule has 10 heteroatoms. The summed E-state index contributed by atoms with van der Waals surface area (Å²) in [5, 5.41) is 19.9. The summed E-state index contributed by atoms with van der Waals surface area (Å²) in [5.41, 5.74) is 0.381. The minimum atomic E-state index is -4.95. The molecule has 0 aromatic carbocycles. The van der Waals surface area contributed by atoms with Gasteiger partial charge in [0.2, 0.25) is 0 Å². The Morgan fingerprint density at radius 3 is 2.77 bits per heavy atom. The number of ketones is 1. The zero-order chi connectivity index (χ0) is 16.5. The molecule has 0 saturated carbocycles. The molecule has 122 valence electrons. The summed E-state index contributed by atoms with van der Waals surface area (Å²) in [6.45, 7) is 0.739. The largest absolute Gasteiger partial charge is 0.756 e. The van der Waals surface area contributed by atoms with Crippen LogP contribution in [0.25, 0.3) is 0 Å². The summed E-state index contributed by atoms with van der Waals surface area (Å²) < 4.78 is 21.5. The molecule has 0 bridgehead atoms. The number of phosphoric ester groups is 1. The third-order valence-electron chi connectivity index (χ3n) is 3.26. The molecule has 1 aromatic rings. The molecule has 3 N–H and O–H groups in total. The number of aromatic nitrogens is 1. The first kappa shape index (κ1) is 17.2. The van der Waals surface area contributed by atoms with Gasteiger partial charge in [0.1, 0.15) is 12.2 Å². The number of carbonyl (C=O) groups is 1. The van der Waals surface area contributed by atoms with Crippen LogP contribution in [0.5, 0.6) is 0 Å². The van der Waals surface area contributed by atoms with Crippen LogP contribution in [-0.4, -0.2) is 45.8 Å². The monoisotopic (exact) mass is 333 g/mol. The summed E-state index contributed by atoms with van der Waals surface area (Å²) in [7, 11) is -4.95. The van der Waals surface area contributed by atoms with Crippen molar-refractivity contribution in [1.29, 1.82) is 0 Å². The highest BCUT2D eigenvalue weighted by Gasteiger charge is 2.48. The van der Waals surface area contributed by atoms with Gasteiger partial charge < -0.3 is 29.3 Å². The van der Waals surface area contributed by atoms with Crippen LogP contribution in [0.1, 0.15) is 23.5 Å². The molecule has 2 heterocycles. The smallest absolute Gasteiger partial charge is 0.292 e. The van der Waals surface area contributed by atoms with Crippen LogP contribution >= 0.6 is 7.82 Å². The lowest BCUT2D eigenvalue weighted by molar-refractivity contribution is -0.765. The molecular weight excluding hydrogens is 317 g/mol. The number of aliphatic hydroxyl groups excluding tert-OH is 2. The van der Waals surface area contributed by atoms with Crippen molar-refractivity contribution >= 4 is 13.6 Å². The first-order chi connectivity index (χ1) is 10.2. The van der Waals surface area contributed by atoms with Gasteiger partial charge in [0.05, 0.1) is 12.2 Å². The third kappa shape index (κ3) is 3.96. The molecule has 1 fully saturated rings. The Balaban J connectivity index is 2.14. The van der Waals surface area contributed by atoms with E-state index < -0.39 is 39.0 Å². The van der Waals surface area contributed by atoms with Gasteiger partial charge in [-0.2, -0.15) is 4.57 Å². The van der Waals surface area contributed by atoms with Crippen LogP contribution in [0.15, 0.2) is 24.5 Å². The molecule has 0 amide bonds. The Hall–Kier alpha value is -1.19. The zero-order valence-corrected chi connectivity index (χ0v) is 12.5. The van der Waals surface area contributed by atoms with E-state index in [1.807, 2.05) is 0 Å². The van der Waals surface area contributed by atoms with Gasteiger partial charge in [0, 0.05) is 6.07 Å². The van der Waals surface area contributed by atoms with E-state index in [-0.39, 0.29) is 5.78 Å². The molecule has 0 aliphatic carbocycles. The fourth-order valence-electron chi connectivity index (χ4n) is 2.14. The molecule has 0 radical (unpaired) electrons. The second-order valence-corrected chi connectivity index (χ2v) is 6.10. The molecule has 9 nitrogen and oxygen atoms in total. The normalized spacial score (nSPS) is 31.0. The number of hydrogen-bond acceptors (Lipinski definition) is 7. The fourth-order valence-corrected chi connectivity index (χ4v) is 2.48. The van der Waals surface area contributed by atoms with E-state index in [4.69, 9.17) is 9.63 Å². The quantitative estimate of drug-likeness (QED) is 0.328. The van der Waals surface area contributed by atoms with Gasteiger partial charge in [0.25, 0.3) is 14.1 Å². The van der Waals surface area contributed by atoms with Crippen molar-refractivity contribution in [3.63, 3.8) is 0 Å². The minimum absolute atomic E-state index is 0.185. The van der Waals surface area contributed by atoms with Gasteiger partial charge in [-0.15, -0.1) is 0 Å². The van der Waals surface area contributed by atoms with Gasteiger partial charge in [-0.25, -0.2) is 0 Å². The van der Waals surface area contributed by atoms with Crippen molar-refractivity contribution in [2.75, 3.05) is 6.61 Å². The van der Waals surface area contributed by atoms with E-state index in [1.54, 1.807) is 12.1 Å². The zero-order valence-electron chi connectivity index (χ0n) is 11.6. The fraction of sp³-hybridized carbons (Fsp3) is 0.500. The molecular formula is C12H16NO8P. The molecule has 2 rings (SSSR count). The highest BCUT2D eigenvalue weighted by Crippen LogP contribution is 2.33. The van der Waals surface area contributed by atoms with Gasteiger partial charge in [-0.05, 0) is 13.0 Å². The van der Waals surface area contributed by atoms with Crippen molar-refractivity contribution in [3.8, 4) is 0 Å². The van der Waals surface area contributed by atoms with E-state index in [2.05, 4.69) is 4.52 Å². The highest BCUT2D eigenvalue weighted by molar-refractivity contribution is 7.44. The number of rotatable bonds is 5. The second kappa shape index (κ2) is 6.51. The maximum absolute atomic E-state index is 11.4. The number of aliphatic hydroxyl groups is 2. The highest BCUT2D eigenvalue weighted by atomic mass is 31.2. The Morgan fingerprint density at radius 1 is 1.50 bits per heavy atom. The Kier molecular flexibility index (Phi) is 5.08. The minimum Gasteiger partial charge on any atom is -0.756 e. The lowest BCUT2D eigenvalue weighted by Gasteiger charge is -2.19. The second-order valence-electron chi connectivity index (χ2n) is 4.91. The maximum atomic E-state index is 11.4. The van der Waals surface area contributed by atoms with Crippen LogP contribution in [0.2, 0.25) is 0 Å². The van der Waals surface area contributed by atoms with Crippen LogP contribution in [0, 0.1) is 0 Å². The Labute approximate surface area is 126 Å². The van der Waals surface area contributed by atoms with E-state index in [9.17, 15) is 24.5 Å². The summed E-state index contributed by atoms with van der Waals surface area (Å²) in [5.74, 6) is -0.185. The van der Waals surface area contributed by atoms with Gasteiger partial charge in [-0.3, -0.25) is 9.36 Å². The first-order valence-corrected chi connectivity index (χ1v) is 7.90. The molecule has 5 atom stereocenters. The first-order valence-electron chi connectivity index (χ1n) is 6.41. The van der Waals surface area contributed by atoms with E-state index in [0.29, 0.717) is 5.56 Å². The predicted octanol–water partition coefficient (Wildman–Crippen LogP) is -1.73. The number of pyridine rings is 1. The number of carbonyl (C=O) groups excluding carboxylic acids is 1. The number of hydrogen-bond donors (Lipinski definition) is 3. The molecule has 0 spiro atoms. The van der Waals surface area contributed by atoms with Crippen molar-refractivity contribution < 1.29 is 43.2 Å². The van der Waals surface area contributed by atoms with Crippen LogP contribution in [-0.2, 0) is 13.8 Å². The van der Waals surface area contributed by atoms with Crippen molar-refractivity contribution in [2.45, 2.75) is 31.5 Å². The van der Waals surface area contributed by atoms with Gasteiger partial charge in [-0.1, -0.05) is 0 Å². The lowest BCUT2D eigenvalue weighted by Crippen LogP contribution is -2.46. The Bertz CT molecular complexity index is 603. The van der Waals surface area contributed by atoms with Crippen molar-refractivity contribution in [1.82, 2.24) is 0 Å². The lowest BCUT2D eigenvalue weighted by atomic mass is 10.1. The van der Waals surface area contributed by atoms with Gasteiger partial charge in [0.15, 0.2) is 24.3 Å². The van der Waals surface area contributed by atoms with Crippen molar-refractivity contribution in [2.24, 2.45) is 0 Å². The SMILES string of the molecule is CC(=O)c1ccc[n+]([C@@H]2O[C@H](COP(=O)([O-])O)[C@@H](O)[C@H]2O)c1. The average molecular weight is 333 g/mol. The standard InChI is InChI=1S/C12H16NO8P/c1-7(14)8-3-2-4-13(5-8)12-11(16)10(15)9(21-12)6-20-22(17,18)19/h2-5,9-12,15-16H,6H2,1H3,(H-,17,18,19)/t9-,10-,11-,12-/m1/s1. The third-order valence-corrected chi connectivity index (χ3v) is 3.74. The summed E-state index contributed by atoms with van der Waals surface area (Å²) >= 11 is 0. The molecule has 1 unspecified atom stereocenters. The summed E-state index contributed by atoms with van der Waals surface area (Å²) in [6, 6.07) is 3.15. The van der Waals surface area contributed by atoms with Crippen molar-refractivity contribution in [3.05, 3.63) is 30.1 Å². The predicted molar refractivity (Wildman–Crippen MR) is 68.3 cm³/mol.